The van der Waals surface area contributed by atoms with Crippen LogP contribution in [-0.4, -0.2) is 10.9 Å². The van der Waals surface area contributed by atoms with Crippen molar-refractivity contribution in [1.29, 1.82) is 0 Å². The summed E-state index contributed by atoms with van der Waals surface area (Å²) in [5.41, 5.74) is 4.23. The van der Waals surface area contributed by atoms with Crippen molar-refractivity contribution in [3.63, 3.8) is 0 Å². The first-order valence-corrected chi connectivity index (χ1v) is 7.86. The summed E-state index contributed by atoms with van der Waals surface area (Å²) in [4.78, 5) is 10.9. The predicted molar refractivity (Wildman–Crippen MR) is 105 cm³/mol. The molecular formula is C22H19ClO2. The van der Waals surface area contributed by atoms with Crippen LogP contribution in [-0.2, 0) is 11.2 Å². The largest absolute Gasteiger partial charge is 0.507 e. The van der Waals surface area contributed by atoms with Gasteiger partial charge in [0.25, 0.3) is 0 Å². The van der Waals surface area contributed by atoms with Gasteiger partial charge in [0.2, 0.25) is 0 Å². The number of benzene rings is 3. The van der Waals surface area contributed by atoms with Gasteiger partial charge in [0.15, 0.2) is 5.78 Å². The molecule has 1 aliphatic rings. The second kappa shape index (κ2) is 8.86. The number of para-hydroxylation sites is 1. The van der Waals surface area contributed by atoms with E-state index in [1.54, 1.807) is 12.1 Å². The number of hydrogen-bond donors (Lipinski definition) is 1. The Balaban J connectivity index is 0.000000175. The van der Waals surface area contributed by atoms with Gasteiger partial charge >= 0.3 is 0 Å². The standard InChI is InChI=1S/C12H10O.C10H8O.ClH/c13-12-9-5-4-8-11(12)10-6-2-1-3-7-10;11-10-6-5-8-3-1-2-4-9(8)7-10;/h1-9,13H;1-6H,7H2;1H. The molecule has 0 bridgehead atoms. The van der Waals surface area contributed by atoms with Gasteiger partial charge in [-0.1, -0.05) is 78.9 Å². The molecule has 0 spiro atoms. The van der Waals surface area contributed by atoms with E-state index in [0.29, 0.717) is 12.2 Å². The maximum Gasteiger partial charge on any atom is 0.160 e. The molecule has 0 heterocycles. The smallest absolute Gasteiger partial charge is 0.160 e. The van der Waals surface area contributed by atoms with Gasteiger partial charge in [0.05, 0.1) is 0 Å². The van der Waals surface area contributed by atoms with E-state index in [2.05, 4.69) is 0 Å². The summed E-state index contributed by atoms with van der Waals surface area (Å²) in [6.45, 7) is 0. The summed E-state index contributed by atoms with van der Waals surface area (Å²) in [6.07, 6.45) is 4.08. The number of carbonyl (C=O) groups excluding carboxylic acids is 1. The highest BCUT2D eigenvalue weighted by Gasteiger charge is 2.07. The van der Waals surface area contributed by atoms with Crippen LogP contribution in [0.4, 0.5) is 0 Å². The molecule has 0 aromatic heterocycles. The molecule has 0 aliphatic heterocycles. The van der Waals surface area contributed by atoms with Crippen LogP contribution in [0.5, 0.6) is 5.75 Å². The minimum absolute atomic E-state index is 0. The molecule has 1 aliphatic carbocycles. The molecule has 1 N–H and O–H groups in total. The minimum Gasteiger partial charge on any atom is -0.507 e. The van der Waals surface area contributed by atoms with Gasteiger partial charge in [-0.3, -0.25) is 4.79 Å². The molecule has 0 fully saturated rings. The van der Waals surface area contributed by atoms with Crippen molar-refractivity contribution >= 4 is 24.3 Å². The molecule has 25 heavy (non-hydrogen) atoms. The van der Waals surface area contributed by atoms with Crippen molar-refractivity contribution in [1.82, 2.24) is 0 Å². The van der Waals surface area contributed by atoms with Crippen LogP contribution in [0.15, 0.2) is 84.9 Å². The highest BCUT2D eigenvalue weighted by Crippen LogP contribution is 2.27. The second-order valence-corrected chi connectivity index (χ2v) is 5.56. The van der Waals surface area contributed by atoms with E-state index in [1.165, 1.54) is 5.56 Å². The summed E-state index contributed by atoms with van der Waals surface area (Å²) < 4.78 is 0. The van der Waals surface area contributed by atoms with Gasteiger partial charge in [-0.05, 0) is 28.8 Å². The summed E-state index contributed by atoms with van der Waals surface area (Å²) in [5, 5.41) is 9.56. The Morgan fingerprint density at radius 3 is 2.12 bits per heavy atom. The van der Waals surface area contributed by atoms with Crippen LogP contribution in [0, 0.1) is 0 Å². The van der Waals surface area contributed by atoms with Crippen LogP contribution < -0.4 is 0 Å². The number of allylic oxidation sites excluding steroid dienone is 1. The fraction of sp³-hybridized carbons (Fsp3) is 0.0455. The molecule has 0 saturated heterocycles. The number of fused-ring (bicyclic) bond motifs is 1. The third-order valence-electron chi connectivity index (χ3n) is 3.86. The minimum atomic E-state index is 0. The molecule has 4 rings (SSSR count). The predicted octanol–water partition coefficient (Wildman–Crippen LogP) is 5.31. The molecule has 3 aromatic carbocycles. The molecule has 0 amide bonds. The first kappa shape index (κ1) is 18.5. The van der Waals surface area contributed by atoms with Crippen LogP contribution in [0.3, 0.4) is 0 Å². The molecule has 2 nitrogen and oxygen atoms in total. The maximum atomic E-state index is 10.9. The van der Waals surface area contributed by atoms with Gasteiger partial charge < -0.3 is 5.11 Å². The zero-order chi connectivity index (χ0) is 16.8. The Morgan fingerprint density at radius 2 is 1.36 bits per heavy atom. The zero-order valence-corrected chi connectivity index (χ0v) is 14.4. The summed E-state index contributed by atoms with van der Waals surface area (Å²) >= 11 is 0. The number of carbonyl (C=O) groups is 1. The van der Waals surface area contributed by atoms with Gasteiger partial charge in [0, 0.05) is 12.0 Å². The van der Waals surface area contributed by atoms with Crippen molar-refractivity contribution in [2.75, 3.05) is 0 Å². The highest BCUT2D eigenvalue weighted by atomic mass is 35.5. The molecular weight excluding hydrogens is 332 g/mol. The summed E-state index contributed by atoms with van der Waals surface area (Å²) in [6, 6.07) is 25.2. The molecule has 3 heteroatoms. The van der Waals surface area contributed by atoms with E-state index in [-0.39, 0.29) is 18.2 Å². The fourth-order valence-electron chi connectivity index (χ4n) is 2.62. The van der Waals surface area contributed by atoms with Crippen LogP contribution in [0.2, 0.25) is 0 Å². The summed E-state index contributed by atoms with van der Waals surface area (Å²) in [7, 11) is 0. The lowest BCUT2D eigenvalue weighted by Gasteiger charge is -2.07. The number of rotatable bonds is 1. The fourth-order valence-corrected chi connectivity index (χ4v) is 2.62. The van der Waals surface area contributed by atoms with Gasteiger partial charge in [-0.25, -0.2) is 0 Å². The van der Waals surface area contributed by atoms with Crippen molar-refractivity contribution < 1.29 is 9.90 Å². The first-order chi connectivity index (χ1) is 11.7. The number of halogens is 1. The lowest BCUT2D eigenvalue weighted by atomic mass is 9.97. The summed E-state index contributed by atoms with van der Waals surface area (Å²) in [5.74, 6) is 0.525. The maximum absolute atomic E-state index is 10.9. The molecule has 0 radical (unpaired) electrons. The van der Waals surface area contributed by atoms with E-state index < -0.39 is 0 Å². The molecule has 3 aromatic rings. The van der Waals surface area contributed by atoms with Crippen LogP contribution in [0.1, 0.15) is 11.1 Å². The highest BCUT2D eigenvalue weighted by molar-refractivity contribution is 5.98. The third kappa shape index (κ3) is 4.82. The monoisotopic (exact) mass is 350 g/mol. The van der Waals surface area contributed by atoms with Crippen molar-refractivity contribution in [3.05, 3.63) is 96.1 Å². The number of phenols is 1. The van der Waals surface area contributed by atoms with Crippen LogP contribution >= 0.6 is 12.4 Å². The van der Waals surface area contributed by atoms with E-state index in [1.807, 2.05) is 78.9 Å². The Hall–Kier alpha value is -2.84. The Labute approximate surface area is 153 Å². The lowest BCUT2D eigenvalue weighted by molar-refractivity contribution is -0.114. The topological polar surface area (TPSA) is 37.3 Å². The number of hydrogen-bond acceptors (Lipinski definition) is 2. The van der Waals surface area contributed by atoms with Crippen molar-refractivity contribution in [3.8, 4) is 16.9 Å². The zero-order valence-electron chi connectivity index (χ0n) is 13.6. The lowest BCUT2D eigenvalue weighted by Crippen LogP contribution is -2.04. The van der Waals surface area contributed by atoms with Crippen molar-refractivity contribution in [2.24, 2.45) is 0 Å². The van der Waals surface area contributed by atoms with Gasteiger partial charge in [0.1, 0.15) is 5.75 Å². The van der Waals surface area contributed by atoms with E-state index in [0.717, 1.165) is 16.7 Å². The Bertz CT molecular complexity index is 870. The SMILES string of the molecule is Cl.O=C1C=Cc2ccccc2C1.Oc1ccccc1-c1ccccc1. The number of phenolic OH excluding ortho intramolecular Hbond substituents is 1. The van der Waals surface area contributed by atoms with E-state index in [9.17, 15) is 9.90 Å². The van der Waals surface area contributed by atoms with Crippen molar-refractivity contribution in [2.45, 2.75) is 6.42 Å². The third-order valence-corrected chi connectivity index (χ3v) is 3.86. The second-order valence-electron chi connectivity index (χ2n) is 5.56. The van der Waals surface area contributed by atoms with Gasteiger partial charge in [-0.15, -0.1) is 12.4 Å². The average molecular weight is 351 g/mol. The molecule has 0 unspecified atom stereocenters. The average Bonchev–Trinajstić information content (AvgIpc) is 2.63. The van der Waals surface area contributed by atoms with Gasteiger partial charge in [-0.2, -0.15) is 0 Å². The number of aromatic hydroxyl groups is 1. The van der Waals surface area contributed by atoms with Crippen LogP contribution in [0.25, 0.3) is 17.2 Å². The molecule has 126 valence electrons. The Morgan fingerprint density at radius 1 is 0.720 bits per heavy atom. The van der Waals surface area contributed by atoms with E-state index >= 15 is 0 Å². The normalized spacial score (nSPS) is 11.6. The van der Waals surface area contributed by atoms with E-state index in [4.69, 9.17) is 0 Å². The molecule has 0 atom stereocenters. The Kier molecular flexibility index (Phi) is 6.55. The quantitative estimate of drug-likeness (QED) is 0.646. The molecule has 0 saturated carbocycles. The first-order valence-electron chi connectivity index (χ1n) is 7.86. The number of ketones is 1.